The van der Waals surface area contributed by atoms with Crippen molar-refractivity contribution >= 4 is 22.4 Å². The molecule has 2 atom stereocenters. The van der Waals surface area contributed by atoms with Crippen LogP contribution in [0.25, 0.3) is 0 Å². The van der Waals surface area contributed by atoms with E-state index in [9.17, 15) is 4.79 Å². The lowest BCUT2D eigenvalue weighted by Gasteiger charge is -2.36. The van der Waals surface area contributed by atoms with Crippen LogP contribution in [0.3, 0.4) is 0 Å². The summed E-state index contributed by atoms with van der Waals surface area (Å²) in [4.78, 5) is 18.0. The Balaban J connectivity index is 1.78. The molecule has 0 bridgehead atoms. The number of nitrogens with one attached hydrogen (secondary N) is 2. The van der Waals surface area contributed by atoms with Crippen molar-refractivity contribution in [1.29, 1.82) is 0 Å². The normalized spacial score (nSPS) is 31.1. The van der Waals surface area contributed by atoms with E-state index < -0.39 is 0 Å². The molecule has 18 heavy (non-hydrogen) atoms. The van der Waals surface area contributed by atoms with Crippen molar-refractivity contribution in [2.45, 2.75) is 32.6 Å². The van der Waals surface area contributed by atoms with Gasteiger partial charge in [-0.2, -0.15) is 0 Å². The molecule has 2 heterocycles. The molecular formula is C13H19N3OS. The fourth-order valence-electron chi connectivity index (χ4n) is 3.32. The molecule has 98 valence electrons. The average molecular weight is 265 g/mol. The van der Waals surface area contributed by atoms with Crippen LogP contribution in [0.4, 0.5) is 5.13 Å². The first-order chi connectivity index (χ1) is 8.71. The molecule has 5 heteroatoms. The van der Waals surface area contributed by atoms with E-state index in [-0.39, 0.29) is 11.3 Å². The van der Waals surface area contributed by atoms with Crippen molar-refractivity contribution in [1.82, 2.24) is 10.3 Å². The first-order valence-corrected chi connectivity index (χ1v) is 7.47. The van der Waals surface area contributed by atoms with E-state index in [1.165, 1.54) is 19.3 Å². The van der Waals surface area contributed by atoms with Crippen LogP contribution < -0.4 is 10.6 Å². The molecular weight excluding hydrogens is 246 g/mol. The number of nitrogens with zero attached hydrogens (tertiary/aromatic N) is 1. The zero-order valence-corrected chi connectivity index (χ0v) is 11.5. The summed E-state index contributed by atoms with van der Waals surface area (Å²) in [6, 6.07) is 0. The molecule has 3 rings (SSSR count). The molecule has 1 amide bonds. The van der Waals surface area contributed by atoms with Crippen molar-refractivity contribution in [3.05, 3.63) is 11.1 Å². The van der Waals surface area contributed by atoms with E-state index in [1.54, 1.807) is 11.3 Å². The Morgan fingerprint density at radius 1 is 1.61 bits per heavy atom. The van der Waals surface area contributed by atoms with Gasteiger partial charge in [0.25, 0.3) is 0 Å². The maximum Gasteiger partial charge on any atom is 0.233 e. The number of fused-ring (bicyclic) bond motifs is 1. The van der Waals surface area contributed by atoms with Gasteiger partial charge in [0.05, 0.1) is 5.41 Å². The van der Waals surface area contributed by atoms with Crippen LogP contribution >= 0.6 is 11.3 Å². The molecule has 1 saturated heterocycles. The third-order valence-electron chi connectivity index (χ3n) is 4.33. The van der Waals surface area contributed by atoms with Gasteiger partial charge >= 0.3 is 0 Å². The highest BCUT2D eigenvalue weighted by Crippen LogP contribution is 2.44. The highest BCUT2D eigenvalue weighted by atomic mass is 32.1. The predicted octanol–water partition coefficient (Wildman–Crippen LogP) is 2.17. The summed E-state index contributed by atoms with van der Waals surface area (Å²) in [6.07, 6.45) is 6.43. The first-order valence-electron chi connectivity index (χ1n) is 6.65. The molecule has 1 aliphatic carbocycles. The van der Waals surface area contributed by atoms with Crippen LogP contribution in [0.1, 0.15) is 30.6 Å². The number of carbonyl (C=O) groups excluding carboxylic acids is 1. The van der Waals surface area contributed by atoms with Crippen LogP contribution in [0, 0.1) is 18.3 Å². The number of anilines is 1. The standard InChI is InChI=1S/C13H19N3OS/c1-9-6-15-12(18-9)16-11(17)13-5-3-2-4-10(13)7-14-8-13/h6,10,14H,2-5,7-8H2,1H3,(H,15,16,17)/t10-,13+/m0/s1. The first kappa shape index (κ1) is 12.1. The third kappa shape index (κ3) is 1.95. The minimum atomic E-state index is -0.183. The predicted molar refractivity (Wildman–Crippen MR) is 72.7 cm³/mol. The maximum atomic E-state index is 12.6. The zero-order valence-electron chi connectivity index (χ0n) is 10.7. The Labute approximate surface area is 111 Å². The molecule has 0 unspecified atom stereocenters. The summed E-state index contributed by atoms with van der Waals surface area (Å²) in [7, 11) is 0. The molecule has 0 spiro atoms. The van der Waals surface area contributed by atoms with Crippen molar-refractivity contribution < 1.29 is 4.79 Å². The molecule has 1 aliphatic heterocycles. The highest BCUT2D eigenvalue weighted by Gasteiger charge is 2.49. The van der Waals surface area contributed by atoms with Crippen LogP contribution in [0.5, 0.6) is 0 Å². The fraction of sp³-hybridized carbons (Fsp3) is 0.692. The van der Waals surface area contributed by atoms with E-state index in [4.69, 9.17) is 0 Å². The van der Waals surface area contributed by atoms with Gasteiger partial charge in [-0.25, -0.2) is 4.98 Å². The van der Waals surface area contributed by atoms with Gasteiger partial charge in [0.2, 0.25) is 5.91 Å². The number of aryl methyl sites for hydroxylation is 1. The van der Waals surface area contributed by atoms with Crippen LogP contribution in [0.15, 0.2) is 6.20 Å². The van der Waals surface area contributed by atoms with Gasteiger partial charge in [-0.05, 0) is 32.2 Å². The van der Waals surface area contributed by atoms with Crippen LogP contribution in [-0.4, -0.2) is 24.0 Å². The highest BCUT2D eigenvalue weighted by molar-refractivity contribution is 7.15. The summed E-state index contributed by atoms with van der Waals surface area (Å²) in [6.45, 7) is 3.82. The monoisotopic (exact) mass is 265 g/mol. The van der Waals surface area contributed by atoms with Gasteiger partial charge in [-0.1, -0.05) is 12.8 Å². The molecule has 1 aromatic rings. The Kier molecular flexibility index (Phi) is 3.11. The Morgan fingerprint density at radius 2 is 2.50 bits per heavy atom. The molecule has 2 fully saturated rings. The molecule has 2 N–H and O–H groups in total. The topological polar surface area (TPSA) is 54.0 Å². The summed E-state index contributed by atoms with van der Waals surface area (Å²) in [5, 5.41) is 7.16. The van der Waals surface area contributed by atoms with E-state index in [0.717, 1.165) is 29.5 Å². The number of thiazole rings is 1. The number of hydrogen-bond acceptors (Lipinski definition) is 4. The van der Waals surface area contributed by atoms with Crippen LogP contribution in [-0.2, 0) is 4.79 Å². The Hall–Kier alpha value is -0.940. The molecule has 1 aromatic heterocycles. The van der Waals surface area contributed by atoms with Crippen LogP contribution in [0.2, 0.25) is 0 Å². The third-order valence-corrected chi connectivity index (χ3v) is 5.16. The zero-order chi connectivity index (χ0) is 12.6. The molecule has 0 radical (unpaired) electrons. The average Bonchev–Trinajstić information content (AvgIpc) is 2.96. The van der Waals surface area contributed by atoms with Crippen molar-refractivity contribution in [3.63, 3.8) is 0 Å². The van der Waals surface area contributed by atoms with Gasteiger partial charge in [-0.15, -0.1) is 11.3 Å². The second-order valence-corrected chi connectivity index (χ2v) is 6.69. The summed E-state index contributed by atoms with van der Waals surface area (Å²) in [5.41, 5.74) is -0.183. The minimum absolute atomic E-state index is 0.173. The van der Waals surface area contributed by atoms with Gasteiger partial charge in [0.1, 0.15) is 0 Å². The van der Waals surface area contributed by atoms with Crippen molar-refractivity contribution in [3.8, 4) is 0 Å². The lowest BCUT2D eigenvalue weighted by Crippen LogP contribution is -2.44. The van der Waals surface area contributed by atoms with Gasteiger partial charge in [-0.3, -0.25) is 4.79 Å². The van der Waals surface area contributed by atoms with Crippen molar-refractivity contribution in [2.75, 3.05) is 18.4 Å². The fourth-order valence-corrected chi connectivity index (χ4v) is 3.98. The van der Waals surface area contributed by atoms with Gasteiger partial charge in [0, 0.05) is 17.6 Å². The number of amides is 1. The summed E-state index contributed by atoms with van der Waals surface area (Å²) >= 11 is 1.55. The number of aromatic nitrogens is 1. The summed E-state index contributed by atoms with van der Waals surface area (Å²) in [5.74, 6) is 0.679. The Morgan fingerprint density at radius 3 is 3.28 bits per heavy atom. The maximum absolute atomic E-state index is 12.6. The lowest BCUT2D eigenvalue weighted by atomic mass is 9.68. The van der Waals surface area contributed by atoms with Gasteiger partial charge in [0.15, 0.2) is 5.13 Å². The van der Waals surface area contributed by atoms with E-state index in [1.807, 2.05) is 13.1 Å². The number of carbonyl (C=O) groups is 1. The number of hydrogen-bond donors (Lipinski definition) is 2. The van der Waals surface area contributed by atoms with Crippen molar-refractivity contribution in [2.24, 2.45) is 11.3 Å². The minimum Gasteiger partial charge on any atom is -0.315 e. The van der Waals surface area contributed by atoms with E-state index >= 15 is 0 Å². The molecule has 1 saturated carbocycles. The van der Waals surface area contributed by atoms with Gasteiger partial charge < -0.3 is 10.6 Å². The largest absolute Gasteiger partial charge is 0.315 e. The molecule has 0 aromatic carbocycles. The molecule has 2 aliphatic rings. The SMILES string of the molecule is Cc1cnc(NC(=O)[C@@]23CCCC[C@H]2CNC3)s1. The summed E-state index contributed by atoms with van der Waals surface area (Å²) < 4.78 is 0. The number of rotatable bonds is 2. The second-order valence-electron chi connectivity index (χ2n) is 5.46. The smallest absolute Gasteiger partial charge is 0.233 e. The van der Waals surface area contributed by atoms with E-state index in [0.29, 0.717) is 5.92 Å². The van der Waals surface area contributed by atoms with E-state index in [2.05, 4.69) is 15.6 Å². The molecule has 4 nitrogen and oxygen atoms in total. The Bertz CT molecular complexity index is 459. The quantitative estimate of drug-likeness (QED) is 0.861. The lowest BCUT2D eigenvalue weighted by molar-refractivity contribution is -0.128. The second kappa shape index (κ2) is 4.63.